The summed E-state index contributed by atoms with van der Waals surface area (Å²) in [6.07, 6.45) is -0.683. The highest BCUT2D eigenvalue weighted by atomic mass is 16.5. The van der Waals surface area contributed by atoms with Crippen LogP contribution in [0.25, 0.3) is 0 Å². The lowest BCUT2D eigenvalue weighted by Crippen LogP contribution is -2.20. The summed E-state index contributed by atoms with van der Waals surface area (Å²) in [6, 6.07) is 15.6. The molecule has 0 saturated carbocycles. The fourth-order valence-corrected chi connectivity index (χ4v) is 2.45. The molecule has 20 heavy (non-hydrogen) atoms. The van der Waals surface area contributed by atoms with Crippen LogP contribution in [0, 0.1) is 6.92 Å². The summed E-state index contributed by atoms with van der Waals surface area (Å²) in [7, 11) is 1.61. The smallest absolute Gasteiger partial charge is 0.124 e. The predicted molar refractivity (Wildman–Crippen MR) is 80.9 cm³/mol. The van der Waals surface area contributed by atoms with E-state index in [1.165, 1.54) is 0 Å². The lowest BCUT2D eigenvalue weighted by Gasteiger charge is -2.24. The molecular formula is C17H21NO2. The van der Waals surface area contributed by atoms with Gasteiger partial charge in [0.25, 0.3) is 0 Å². The lowest BCUT2D eigenvalue weighted by atomic mass is 9.88. The zero-order valence-electron chi connectivity index (χ0n) is 11.9. The molecule has 2 aromatic carbocycles. The van der Waals surface area contributed by atoms with Crippen molar-refractivity contribution < 1.29 is 9.84 Å². The van der Waals surface area contributed by atoms with Crippen LogP contribution in [-0.4, -0.2) is 18.8 Å². The first-order valence-electron chi connectivity index (χ1n) is 6.75. The summed E-state index contributed by atoms with van der Waals surface area (Å²) in [5, 5.41) is 10.7. The fourth-order valence-electron chi connectivity index (χ4n) is 2.45. The van der Waals surface area contributed by atoms with Crippen LogP contribution in [0.3, 0.4) is 0 Å². The van der Waals surface area contributed by atoms with Crippen molar-refractivity contribution in [2.24, 2.45) is 5.73 Å². The molecule has 2 unspecified atom stereocenters. The van der Waals surface area contributed by atoms with Crippen LogP contribution in [0.15, 0.2) is 48.5 Å². The van der Waals surface area contributed by atoms with Gasteiger partial charge in [0, 0.05) is 18.0 Å². The molecule has 2 aromatic rings. The van der Waals surface area contributed by atoms with E-state index in [0.29, 0.717) is 12.3 Å². The van der Waals surface area contributed by atoms with Gasteiger partial charge in [-0.15, -0.1) is 0 Å². The minimum Gasteiger partial charge on any atom is -0.496 e. The first-order chi connectivity index (χ1) is 9.67. The van der Waals surface area contributed by atoms with Crippen molar-refractivity contribution in [3.8, 4) is 5.75 Å². The van der Waals surface area contributed by atoms with Crippen molar-refractivity contribution >= 4 is 0 Å². The summed E-state index contributed by atoms with van der Waals surface area (Å²) in [5.74, 6) is 0.546. The van der Waals surface area contributed by atoms with Gasteiger partial charge in [-0.05, 0) is 24.6 Å². The average molecular weight is 271 g/mol. The molecule has 0 bridgehead atoms. The van der Waals surface area contributed by atoms with Gasteiger partial charge >= 0.3 is 0 Å². The average Bonchev–Trinajstić information content (AvgIpc) is 2.49. The molecule has 0 saturated heterocycles. The Labute approximate surface area is 120 Å². The molecule has 3 N–H and O–H groups in total. The number of benzene rings is 2. The number of hydrogen-bond donors (Lipinski definition) is 2. The molecule has 2 rings (SSSR count). The van der Waals surface area contributed by atoms with Crippen LogP contribution in [0.4, 0.5) is 0 Å². The quantitative estimate of drug-likeness (QED) is 0.879. The number of aliphatic hydroxyl groups excluding tert-OH is 1. The first-order valence-corrected chi connectivity index (χ1v) is 6.75. The Balaban J connectivity index is 2.38. The van der Waals surface area contributed by atoms with Gasteiger partial charge in [0.05, 0.1) is 13.2 Å². The molecule has 0 spiro atoms. The van der Waals surface area contributed by atoms with Crippen molar-refractivity contribution in [3.63, 3.8) is 0 Å². The van der Waals surface area contributed by atoms with Crippen LogP contribution < -0.4 is 10.5 Å². The van der Waals surface area contributed by atoms with E-state index in [2.05, 4.69) is 0 Å². The maximum absolute atomic E-state index is 10.7. The van der Waals surface area contributed by atoms with Crippen LogP contribution in [0.1, 0.15) is 28.7 Å². The van der Waals surface area contributed by atoms with Gasteiger partial charge in [0.2, 0.25) is 0 Å². The molecular weight excluding hydrogens is 250 g/mol. The zero-order valence-corrected chi connectivity index (χ0v) is 11.9. The number of nitrogens with two attached hydrogens (primary N) is 1. The molecule has 0 amide bonds. The SMILES string of the molecule is COc1ccc(C)cc1C(O)C(CN)c1ccccc1. The van der Waals surface area contributed by atoms with E-state index in [0.717, 1.165) is 16.7 Å². The normalized spacial score (nSPS) is 13.8. The van der Waals surface area contributed by atoms with E-state index in [9.17, 15) is 5.11 Å². The Bertz CT molecular complexity index is 554. The fraction of sp³-hybridized carbons (Fsp3) is 0.294. The van der Waals surface area contributed by atoms with Gasteiger partial charge < -0.3 is 15.6 Å². The van der Waals surface area contributed by atoms with Gasteiger partial charge in [-0.1, -0.05) is 42.0 Å². The van der Waals surface area contributed by atoms with E-state index in [1.807, 2.05) is 55.5 Å². The molecule has 0 heterocycles. The monoisotopic (exact) mass is 271 g/mol. The summed E-state index contributed by atoms with van der Waals surface area (Å²) >= 11 is 0. The third kappa shape index (κ3) is 3.00. The summed E-state index contributed by atoms with van der Waals surface area (Å²) in [5.41, 5.74) is 8.78. The van der Waals surface area contributed by atoms with E-state index in [4.69, 9.17) is 10.5 Å². The zero-order chi connectivity index (χ0) is 14.5. The highest BCUT2D eigenvalue weighted by Gasteiger charge is 2.24. The lowest BCUT2D eigenvalue weighted by molar-refractivity contribution is 0.143. The largest absolute Gasteiger partial charge is 0.496 e. The number of methoxy groups -OCH3 is 1. The topological polar surface area (TPSA) is 55.5 Å². The molecule has 3 heteroatoms. The molecule has 0 aliphatic rings. The number of hydrogen-bond acceptors (Lipinski definition) is 3. The molecule has 106 valence electrons. The number of ether oxygens (including phenoxy) is 1. The van der Waals surface area contributed by atoms with Gasteiger partial charge in [-0.3, -0.25) is 0 Å². The molecule has 2 atom stereocenters. The minimum atomic E-state index is -0.683. The second kappa shape index (κ2) is 6.55. The van der Waals surface area contributed by atoms with Crippen LogP contribution in [0.2, 0.25) is 0 Å². The van der Waals surface area contributed by atoms with E-state index in [1.54, 1.807) is 7.11 Å². The van der Waals surface area contributed by atoms with Gasteiger partial charge in [0.1, 0.15) is 5.75 Å². The number of aryl methyl sites for hydroxylation is 1. The maximum Gasteiger partial charge on any atom is 0.124 e. The summed E-state index contributed by atoms with van der Waals surface area (Å²) in [4.78, 5) is 0. The highest BCUT2D eigenvalue weighted by molar-refractivity contribution is 5.40. The van der Waals surface area contributed by atoms with Crippen LogP contribution in [0.5, 0.6) is 5.75 Å². The minimum absolute atomic E-state index is 0.146. The first kappa shape index (κ1) is 14.6. The van der Waals surface area contributed by atoms with Crippen molar-refractivity contribution in [1.82, 2.24) is 0 Å². The maximum atomic E-state index is 10.7. The van der Waals surface area contributed by atoms with E-state index >= 15 is 0 Å². The van der Waals surface area contributed by atoms with Crippen LogP contribution in [-0.2, 0) is 0 Å². The molecule has 0 aliphatic heterocycles. The van der Waals surface area contributed by atoms with E-state index < -0.39 is 6.10 Å². The standard InChI is InChI=1S/C17H21NO2/c1-12-8-9-16(20-2)14(10-12)17(19)15(11-18)13-6-4-3-5-7-13/h3-10,15,17,19H,11,18H2,1-2H3. The van der Waals surface area contributed by atoms with Crippen molar-refractivity contribution in [1.29, 1.82) is 0 Å². The van der Waals surface area contributed by atoms with Crippen LogP contribution >= 0.6 is 0 Å². The van der Waals surface area contributed by atoms with Crippen molar-refractivity contribution in [3.05, 3.63) is 65.2 Å². The molecule has 0 aromatic heterocycles. The summed E-state index contributed by atoms with van der Waals surface area (Å²) < 4.78 is 5.35. The molecule has 3 nitrogen and oxygen atoms in total. The number of rotatable bonds is 5. The highest BCUT2D eigenvalue weighted by Crippen LogP contribution is 2.35. The summed E-state index contributed by atoms with van der Waals surface area (Å²) in [6.45, 7) is 2.37. The van der Waals surface area contributed by atoms with Crippen molar-refractivity contribution in [2.75, 3.05) is 13.7 Å². The number of aliphatic hydroxyl groups is 1. The second-order valence-electron chi connectivity index (χ2n) is 4.94. The van der Waals surface area contributed by atoms with E-state index in [-0.39, 0.29) is 5.92 Å². The Kier molecular flexibility index (Phi) is 4.77. The molecule has 0 aliphatic carbocycles. The third-order valence-electron chi connectivity index (χ3n) is 3.57. The Morgan fingerprint density at radius 3 is 2.45 bits per heavy atom. The second-order valence-corrected chi connectivity index (χ2v) is 4.94. The third-order valence-corrected chi connectivity index (χ3v) is 3.57. The molecule has 0 radical (unpaired) electrons. The predicted octanol–water partition coefficient (Wildman–Crippen LogP) is 2.78. The Morgan fingerprint density at radius 1 is 1.15 bits per heavy atom. The van der Waals surface area contributed by atoms with Gasteiger partial charge in [0.15, 0.2) is 0 Å². The Morgan fingerprint density at radius 2 is 1.85 bits per heavy atom. The van der Waals surface area contributed by atoms with Gasteiger partial charge in [-0.25, -0.2) is 0 Å². The van der Waals surface area contributed by atoms with Crippen molar-refractivity contribution in [2.45, 2.75) is 18.9 Å². The van der Waals surface area contributed by atoms with Gasteiger partial charge in [-0.2, -0.15) is 0 Å². The molecule has 0 fully saturated rings. The Hall–Kier alpha value is -1.84.